The Morgan fingerprint density at radius 2 is 2.12 bits per heavy atom. The Hall–Kier alpha value is -2.64. The van der Waals surface area contributed by atoms with Crippen molar-refractivity contribution in [1.82, 2.24) is 20.3 Å². The maximum absolute atomic E-state index is 13.0. The third-order valence-corrected chi connectivity index (χ3v) is 3.63. The van der Waals surface area contributed by atoms with E-state index in [4.69, 9.17) is 27.9 Å². The van der Waals surface area contributed by atoms with Crippen LogP contribution in [0.4, 0.5) is 4.39 Å². The van der Waals surface area contributed by atoms with E-state index in [-0.39, 0.29) is 12.2 Å². The van der Waals surface area contributed by atoms with Gasteiger partial charge in [-0.1, -0.05) is 23.2 Å². The first-order valence-corrected chi connectivity index (χ1v) is 7.84. The number of hydrogen-bond donors (Lipinski definition) is 2. The Morgan fingerprint density at radius 3 is 2.92 bits per heavy atom. The number of carbonyl (C=O) groups is 1. The fraction of sp³-hybridized carbons (Fsp3) is 0.0625. The van der Waals surface area contributed by atoms with Crippen molar-refractivity contribution < 1.29 is 13.9 Å². The van der Waals surface area contributed by atoms with Crippen LogP contribution in [0.25, 0.3) is 11.2 Å². The molecule has 2 heterocycles. The van der Waals surface area contributed by atoms with Crippen LogP contribution in [0, 0.1) is 5.95 Å². The highest BCUT2D eigenvalue weighted by Gasteiger charge is 2.06. The molecule has 1 amide bonds. The van der Waals surface area contributed by atoms with E-state index in [2.05, 4.69) is 20.3 Å². The summed E-state index contributed by atoms with van der Waals surface area (Å²) < 4.78 is 18.3. The number of fused-ring (bicyclic) bond motifs is 1. The molecular formula is C16H11Cl2FN4O2. The van der Waals surface area contributed by atoms with E-state index < -0.39 is 11.9 Å². The maximum Gasteiger partial charge on any atom is 0.247 e. The lowest BCUT2D eigenvalue weighted by atomic mass is 10.3. The number of aromatic amines is 1. The van der Waals surface area contributed by atoms with Crippen molar-refractivity contribution in [2.75, 3.05) is 0 Å². The number of ether oxygens (including phenoxy) is 1. The molecule has 0 aliphatic rings. The van der Waals surface area contributed by atoms with Gasteiger partial charge in [-0.05, 0) is 30.3 Å². The fourth-order valence-electron chi connectivity index (χ4n) is 1.97. The molecule has 0 aliphatic heterocycles. The number of pyridine rings is 1. The number of nitrogens with zero attached hydrogens (tertiary/aromatic N) is 2. The molecule has 0 bridgehead atoms. The summed E-state index contributed by atoms with van der Waals surface area (Å²) >= 11 is 11.7. The Labute approximate surface area is 151 Å². The molecule has 0 aliphatic carbocycles. The Morgan fingerprint density at radius 1 is 1.28 bits per heavy atom. The van der Waals surface area contributed by atoms with Gasteiger partial charge in [-0.15, -0.1) is 0 Å². The fourth-order valence-corrected chi connectivity index (χ4v) is 2.43. The van der Waals surface area contributed by atoms with Gasteiger partial charge in [0.15, 0.2) is 5.65 Å². The SMILES string of the molecule is O=C(C=COc1ccc(Cl)cc1Cl)NCc1nc2nc(F)ccc2[nH]1. The molecular weight excluding hydrogens is 370 g/mol. The topological polar surface area (TPSA) is 79.9 Å². The molecule has 2 aromatic heterocycles. The van der Waals surface area contributed by atoms with Crippen molar-refractivity contribution in [2.24, 2.45) is 0 Å². The van der Waals surface area contributed by atoms with E-state index in [0.29, 0.717) is 27.1 Å². The summed E-state index contributed by atoms with van der Waals surface area (Å²) in [5, 5.41) is 3.43. The number of imidazole rings is 1. The van der Waals surface area contributed by atoms with E-state index in [1.807, 2.05) is 0 Å². The number of halogens is 3. The zero-order valence-electron chi connectivity index (χ0n) is 12.6. The number of carbonyl (C=O) groups excluding carboxylic acids is 1. The molecule has 6 nitrogen and oxygen atoms in total. The normalized spacial score (nSPS) is 11.2. The summed E-state index contributed by atoms with van der Waals surface area (Å²) in [6.45, 7) is 0.128. The average Bonchev–Trinajstić information content (AvgIpc) is 2.97. The number of hydrogen-bond acceptors (Lipinski definition) is 4. The van der Waals surface area contributed by atoms with Crippen molar-refractivity contribution in [3.63, 3.8) is 0 Å². The van der Waals surface area contributed by atoms with Crippen LogP contribution in [0.3, 0.4) is 0 Å². The summed E-state index contributed by atoms with van der Waals surface area (Å²) in [5.41, 5.74) is 0.836. The van der Waals surface area contributed by atoms with E-state index in [9.17, 15) is 9.18 Å². The molecule has 0 radical (unpaired) electrons. The molecule has 0 unspecified atom stereocenters. The molecule has 1 aromatic carbocycles. The summed E-state index contributed by atoms with van der Waals surface area (Å²) in [4.78, 5) is 22.4. The molecule has 0 spiro atoms. The summed E-state index contributed by atoms with van der Waals surface area (Å²) in [6.07, 6.45) is 2.41. The van der Waals surface area contributed by atoms with Gasteiger partial charge in [-0.25, -0.2) is 4.98 Å². The highest BCUT2D eigenvalue weighted by atomic mass is 35.5. The molecule has 3 aromatic rings. The Kier molecular flexibility index (Phi) is 5.16. The van der Waals surface area contributed by atoms with Gasteiger partial charge < -0.3 is 15.0 Å². The molecule has 0 fully saturated rings. The highest BCUT2D eigenvalue weighted by Crippen LogP contribution is 2.27. The molecule has 9 heteroatoms. The van der Waals surface area contributed by atoms with E-state index >= 15 is 0 Å². The van der Waals surface area contributed by atoms with E-state index in [1.54, 1.807) is 12.1 Å². The first-order valence-electron chi connectivity index (χ1n) is 7.08. The number of benzene rings is 1. The van der Waals surface area contributed by atoms with Crippen molar-refractivity contribution in [3.8, 4) is 5.75 Å². The lowest BCUT2D eigenvalue weighted by molar-refractivity contribution is -0.116. The van der Waals surface area contributed by atoms with Crippen molar-refractivity contribution in [3.05, 3.63) is 64.5 Å². The smallest absolute Gasteiger partial charge is 0.247 e. The van der Waals surface area contributed by atoms with Gasteiger partial charge in [0.25, 0.3) is 0 Å². The van der Waals surface area contributed by atoms with Crippen LogP contribution in [0.15, 0.2) is 42.7 Å². The standard InChI is InChI=1S/C16H11Cl2FN4O2/c17-9-1-3-12(10(18)7-9)25-6-5-15(24)20-8-14-21-11-2-4-13(19)22-16(11)23-14/h1-7H,8H2,(H,20,24)(H,21,22,23). The lowest BCUT2D eigenvalue weighted by Crippen LogP contribution is -2.21. The molecule has 0 saturated heterocycles. The third-order valence-electron chi connectivity index (χ3n) is 3.10. The van der Waals surface area contributed by atoms with E-state index in [0.717, 1.165) is 0 Å². The van der Waals surface area contributed by atoms with E-state index in [1.165, 1.54) is 30.5 Å². The highest BCUT2D eigenvalue weighted by molar-refractivity contribution is 6.35. The molecule has 25 heavy (non-hydrogen) atoms. The van der Waals surface area contributed by atoms with Crippen molar-refractivity contribution >= 4 is 40.3 Å². The predicted molar refractivity (Wildman–Crippen MR) is 91.9 cm³/mol. The van der Waals surface area contributed by atoms with Crippen LogP contribution in [-0.2, 0) is 11.3 Å². The van der Waals surface area contributed by atoms with Crippen LogP contribution in [-0.4, -0.2) is 20.9 Å². The van der Waals surface area contributed by atoms with Crippen LogP contribution < -0.4 is 10.1 Å². The molecule has 2 N–H and O–H groups in total. The first-order chi connectivity index (χ1) is 12.0. The largest absolute Gasteiger partial charge is 0.463 e. The maximum atomic E-state index is 13.0. The van der Waals surface area contributed by atoms with Crippen LogP contribution in [0.1, 0.15) is 5.82 Å². The molecule has 128 valence electrons. The Bertz CT molecular complexity index is 958. The number of aromatic nitrogens is 3. The second-order valence-corrected chi connectivity index (χ2v) is 5.75. The van der Waals surface area contributed by atoms with Gasteiger partial charge in [-0.2, -0.15) is 9.37 Å². The summed E-state index contributed by atoms with van der Waals surface area (Å²) in [5.74, 6) is -0.183. The summed E-state index contributed by atoms with van der Waals surface area (Å²) in [7, 11) is 0. The third kappa shape index (κ3) is 4.46. The zero-order valence-corrected chi connectivity index (χ0v) is 14.1. The van der Waals surface area contributed by atoms with Crippen molar-refractivity contribution in [2.45, 2.75) is 6.54 Å². The van der Waals surface area contributed by atoms with Gasteiger partial charge in [-0.3, -0.25) is 4.79 Å². The second kappa shape index (κ2) is 7.50. The Balaban J connectivity index is 1.54. The van der Waals surface area contributed by atoms with Crippen LogP contribution in [0.5, 0.6) is 5.75 Å². The minimum absolute atomic E-state index is 0.128. The molecule has 0 saturated carbocycles. The zero-order chi connectivity index (χ0) is 17.8. The van der Waals surface area contributed by atoms with Gasteiger partial charge in [0, 0.05) is 11.1 Å². The number of H-pyrrole nitrogens is 1. The van der Waals surface area contributed by atoms with Gasteiger partial charge >= 0.3 is 0 Å². The average molecular weight is 381 g/mol. The molecule has 3 rings (SSSR count). The van der Waals surface area contributed by atoms with Gasteiger partial charge in [0.05, 0.1) is 23.3 Å². The quantitative estimate of drug-likeness (QED) is 0.402. The van der Waals surface area contributed by atoms with Crippen LogP contribution in [0.2, 0.25) is 10.0 Å². The monoisotopic (exact) mass is 380 g/mol. The lowest BCUT2D eigenvalue weighted by Gasteiger charge is -2.03. The minimum atomic E-state index is -0.615. The minimum Gasteiger partial charge on any atom is -0.463 e. The number of nitrogens with one attached hydrogen (secondary N) is 2. The first kappa shape index (κ1) is 17.2. The van der Waals surface area contributed by atoms with Crippen LogP contribution >= 0.6 is 23.2 Å². The second-order valence-electron chi connectivity index (χ2n) is 4.90. The molecule has 0 atom stereocenters. The summed E-state index contributed by atoms with van der Waals surface area (Å²) in [6, 6.07) is 7.50. The van der Waals surface area contributed by atoms with Gasteiger partial charge in [0.2, 0.25) is 11.9 Å². The van der Waals surface area contributed by atoms with Gasteiger partial charge in [0.1, 0.15) is 11.6 Å². The number of rotatable bonds is 5. The predicted octanol–water partition coefficient (Wildman–Crippen LogP) is 3.61. The number of amides is 1. The van der Waals surface area contributed by atoms with Crippen molar-refractivity contribution in [1.29, 1.82) is 0 Å².